The van der Waals surface area contributed by atoms with Crippen molar-refractivity contribution in [2.24, 2.45) is 0 Å². The summed E-state index contributed by atoms with van der Waals surface area (Å²) in [5, 5.41) is 3.53. The minimum absolute atomic E-state index is 0.0659. The van der Waals surface area contributed by atoms with Gasteiger partial charge in [-0.15, -0.1) is 0 Å². The largest absolute Gasteiger partial charge is 0.322 e. The molecule has 90 valence electrons. The number of nitrogens with zero attached hydrogens (tertiary/aromatic N) is 1. The van der Waals surface area contributed by atoms with Gasteiger partial charge in [0.05, 0.1) is 0 Å². The quantitative estimate of drug-likeness (QED) is 0.842. The molecule has 0 radical (unpaired) electrons. The van der Waals surface area contributed by atoms with Crippen molar-refractivity contribution in [1.82, 2.24) is 10.2 Å². The van der Waals surface area contributed by atoms with Gasteiger partial charge in [-0.05, 0) is 37.8 Å². The molecule has 1 spiro atoms. The molecule has 2 fully saturated rings. The zero-order valence-corrected chi connectivity index (χ0v) is 10.4. The van der Waals surface area contributed by atoms with Crippen LogP contribution in [0.15, 0.2) is 24.3 Å². The first kappa shape index (κ1) is 10.8. The highest BCUT2D eigenvalue weighted by Crippen LogP contribution is 2.46. The second kappa shape index (κ2) is 3.57. The van der Waals surface area contributed by atoms with Crippen LogP contribution in [0.1, 0.15) is 37.1 Å². The summed E-state index contributed by atoms with van der Waals surface area (Å²) in [4.78, 5) is 14.2. The Kier molecular flexibility index (Phi) is 2.26. The van der Waals surface area contributed by atoms with Crippen LogP contribution in [-0.2, 0) is 4.79 Å². The third kappa shape index (κ3) is 1.49. The molecule has 1 aliphatic heterocycles. The van der Waals surface area contributed by atoms with Gasteiger partial charge in [0.2, 0.25) is 5.91 Å². The van der Waals surface area contributed by atoms with Crippen molar-refractivity contribution in [2.45, 2.75) is 38.4 Å². The van der Waals surface area contributed by atoms with E-state index in [9.17, 15) is 4.79 Å². The number of hydrogen-bond acceptors (Lipinski definition) is 2. The maximum Gasteiger partial charge on any atom is 0.244 e. The molecule has 1 N–H and O–H groups in total. The highest BCUT2D eigenvalue weighted by Gasteiger charge is 2.59. The van der Waals surface area contributed by atoms with Gasteiger partial charge in [-0.2, -0.15) is 0 Å². The number of benzene rings is 1. The van der Waals surface area contributed by atoms with E-state index in [1.807, 2.05) is 24.0 Å². The van der Waals surface area contributed by atoms with E-state index in [1.54, 1.807) is 0 Å². The maximum absolute atomic E-state index is 12.3. The summed E-state index contributed by atoms with van der Waals surface area (Å²) in [5.41, 5.74) is 2.25. The number of carbonyl (C=O) groups is 1. The number of nitrogens with one attached hydrogen (secondary N) is 1. The molecule has 1 heterocycles. The van der Waals surface area contributed by atoms with Crippen LogP contribution in [0, 0.1) is 6.92 Å². The van der Waals surface area contributed by atoms with Crippen LogP contribution in [0.4, 0.5) is 0 Å². The van der Waals surface area contributed by atoms with Crippen LogP contribution >= 0.6 is 0 Å². The fourth-order valence-corrected chi connectivity index (χ4v) is 2.74. The highest BCUT2D eigenvalue weighted by molar-refractivity contribution is 5.92. The second-order valence-electron chi connectivity index (χ2n) is 5.08. The van der Waals surface area contributed by atoms with Gasteiger partial charge in [0.15, 0.2) is 0 Å². The van der Waals surface area contributed by atoms with E-state index in [-0.39, 0.29) is 17.6 Å². The third-order valence-corrected chi connectivity index (χ3v) is 3.97. The smallest absolute Gasteiger partial charge is 0.244 e. The van der Waals surface area contributed by atoms with E-state index < -0.39 is 0 Å². The van der Waals surface area contributed by atoms with Crippen molar-refractivity contribution in [3.05, 3.63) is 35.4 Å². The number of amides is 1. The molecule has 3 rings (SSSR count). The lowest BCUT2D eigenvalue weighted by Gasteiger charge is -2.24. The topological polar surface area (TPSA) is 32.3 Å². The SMILES string of the molecule is CCN1C(=O)C2(CC2)NC1c1ccccc1C. The van der Waals surface area contributed by atoms with Crippen LogP contribution in [0.3, 0.4) is 0 Å². The summed E-state index contributed by atoms with van der Waals surface area (Å²) in [6, 6.07) is 8.30. The van der Waals surface area contributed by atoms with Gasteiger partial charge in [0, 0.05) is 6.54 Å². The number of carbonyl (C=O) groups excluding carboxylic acids is 1. The number of rotatable bonds is 2. The highest BCUT2D eigenvalue weighted by atomic mass is 16.2. The van der Waals surface area contributed by atoms with Gasteiger partial charge < -0.3 is 4.90 Å². The number of hydrogen-bond donors (Lipinski definition) is 1. The molecule has 1 amide bonds. The molecule has 0 aromatic heterocycles. The van der Waals surface area contributed by atoms with Crippen LogP contribution in [0.25, 0.3) is 0 Å². The zero-order chi connectivity index (χ0) is 12.0. The molecule has 2 aliphatic rings. The summed E-state index contributed by atoms with van der Waals surface area (Å²) >= 11 is 0. The van der Waals surface area contributed by atoms with Gasteiger partial charge in [-0.1, -0.05) is 24.3 Å². The zero-order valence-electron chi connectivity index (χ0n) is 10.4. The van der Waals surface area contributed by atoms with Crippen molar-refractivity contribution >= 4 is 5.91 Å². The summed E-state index contributed by atoms with van der Waals surface area (Å²) < 4.78 is 0. The molecule has 1 aromatic rings. The summed E-state index contributed by atoms with van der Waals surface area (Å²) in [6.45, 7) is 4.92. The Morgan fingerprint density at radius 1 is 1.41 bits per heavy atom. The van der Waals surface area contributed by atoms with Crippen molar-refractivity contribution in [1.29, 1.82) is 0 Å². The van der Waals surface area contributed by atoms with Crippen molar-refractivity contribution in [3.8, 4) is 0 Å². The molecule has 3 nitrogen and oxygen atoms in total. The average Bonchev–Trinajstić information content (AvgIpc) is 3.04. The molecule has 0 bridgehead atoms. The summed E-state index contributed by atoms with van der Waals surface area (Å²) in [7, 11) is 0. The lowest BCUT2D eigenvalue weighted by atomic mass is 10.1. The maximum atomic E-state index is 12.3. The predicted octanol–water partition coefficient (Wildman–Crippen LogP) is 1.98. The van der Waals surface area contributed by atoms with Gasteiger partial charge in [-0.25, -0.2) is 0 Å². The lowest BCUT2D eigenvalue weighted by molar-refractivity contribution is -0.130. The van der Waals surface area contributed by atoms with Crippen molar-refractivity contribution < 1.29 is 4.79 Å². The van der Waals surface area contributed by atoms with E-state index in [4.69, 9.17) is 0 Å². The monoisotopic (exact) mass is 230 g/mol. The Morgan fingerprint density at radius 2 is 2.12 bits per heavy atom. The molecule has 17 heavy (non-hydrogen) atoms. The molecular formula is C14H18N2O. The Bertz CT molecular complexity index is 465. The minimum atomic E-state index is -0.219. The molecule has 1 aromatic carbocycles. The van der Waals surface area contributed by atoms with Gasteiger partial charge in [-0.3, -0.25) is 10.1 Å². The van der Waals surface area contributed by atoms with Crippen LogP contribution in [0.5, 0.6) is 0 Å². The van der Waals surface area contributed by atoms with Crippen molar-refractivity contribution in [2.75, 3.05) is 6.54 Å². The molecular weight excluding hydrogens is 212 g/mol. The van der Waals surface area contributed by atoms with E-state index in [0.29, 0.717) is 0 Å². The minimum Gasteiger partial charge on any atom is -0.322 e. The van der Waals surface area contributed by atoms with Gasteiger partial charge in [0.25, 0.3) is 0 Å². The fraction of sp³-hybridized carbons (Fsp3) is 0.500. The Balaban J connectivity index is 1.98. The Labute approximate surface area is 102 Å². The molecule has 1 aliphatic carbocycles. The van der Waals surface area contributed by atoms with Crippen LogP contribution < -0.4 is 5.32 Å². The molecule has 1 unspecified atom stereocenters. The Morgan fingerprint density at radius 3 is 2.71 bits per heavy atom. The van der Waals surface area contributed by atoms with Gasteiger partial charge in [0.1, 0.15) is 11.7 Å². The van der Waals surface area contributed by atoms with Crippen LogP contribution in [0.2, 0.25) is 0 Å². The van der Waals surface area contributed by atoms with E-state index in [1.165, 1.54) is 11.1 Å². The lowest BCUT2D eigenvalue weighted by Crippen LogP contribution is -2.32. The van der Waals surface area contributed by atoms with Crippen molar-refractivity contribution in [3.63, 3.8) is 0 Å². The van der Waals surface area contributed by atoms with Gasteiger partial charge >= 0.3 is 0 Å². The van der Waals surface area contributed by atoms with E-state index in [0.717, 1.165) is 19.4 Å². The Hall–Kier alpha value is -1.35. The normalized spacial score (nSPS) is 25.6. The summed E-state index contributed by atoms with van der Waals surface area (Å²) in [5.74, 6) is 0.285. The molecule has 1 atom stereocenters. The van der Waals surface area contributed by atoms with E-state index in [2.05, 4.69) is 24.4 Å². The molecule has 3 heteroatoms. The first-order valence-corrected chi connectivity index (χ1v) is 6.32. The fourth-order valence-electron chi connectivity index (χ4n) is 2.74. The number of likely N-dealkylation sites (N-methyl/N-ethyl adjacent to an activating group) is 1. The van der Waals surface area contributed by atoms with E-state index >= 15 is 0 Å². The average molecular weight is 230 g/mol. The predicted molar refractivity (Wildman–Crippen MR) is 66.4 cm³/mol. The standard InChI is InChI=1S/C14H18N2O/c1-3-16-12(11-7-5-4-6-10(11)2)15-14(8-9-14)13(16)17/h4-7,12,15H,3,8-9H2,1-2H3. The van der Waals surface area contributed by atoms with Crippen LogP contribution in [-0.4, -0.2) is 22.9 Å². The third-order valence-electron chi connectivity index (χ3n) is 3.97. The number of aryl methyl sites for hydroxylation is 1. The first-order chi connectivity index (χ1) is 8.18. The first-order valence-electron chi connectivity index (χ1n) is 6.32. The molecule has 1 saturated heterocycles. The molecule has 1 saturated carbocycles. The second-order valence-corrected chi connectivity index (χ2v) is 5.08. The summed E-state index contributed by atoms with van der Waals surface area (Å²) in [6.07, 6.45) is 2.05.